The number of rotatable bonds is 3. The third-order valence-electron chi connectivity index (χ3n) is 4.94. The summed E-state index contributed by atoms with van der Waals surface area (Å²) in [5.41, 5.74) is 3.80. The van der Waals surface area contributed by atoms with Crippen LogP contribution in [-0.4, -0.2) is 35.6 Å². The van der Waals surface area contributed by atoms with Crippen LogP contribution in [0.25, 0.3) is 5.65 Å². The predicted molar refractivity (Wildman–Crippen MR) is 104 cm³/mol. The van der Waals surface area contributed by atoms with Crippen LogP contribution in [0, 0.1) is 6.92 Å². The first-order valence-electron chi connectivity index (χ1n) is 8.91. The SMILES string of the molecule is Cc1ccc2nc(C[NH+]3CCN(c4cccc(Cl)c4)CC3)cc(=O)n2c1. The monoisotopic (exact) mass is 369 g/mol. The maximum Gasteiger partial charge on any atom is 0.258 e. The third-order valence-corrected chi connectivity index (χ3v) is 5.17. The number of piperazine rings is 1. The summed E-state index contributed by atoms with van der Waals surface area (Å²) in [6.07, 6.45) is 1.84. The lowest BCUT2D eigenvalue weighted by Gasteiger charge is -2.33. The van der Waals surface area contributed by atoms with Gasteiger partial charge in [0.2, 0.25) is 0 Å². The van der Waals surface area contributed by atoms with Crippen LogP contribution >= 0.6 is 11.6 Å². The van der Waals surface area contributed by atoms with Crippen LogP contribution < -0.4 is 15.4 Å². The van der Waals surface area contributed by atoms with Crippen molar-refractivity contribution in [2.45, 2.75) is 13.5 Å². The Morgan fingerprint density at radius 1 is 1.15 bits per heavy atom. The molecule has 0 atom stereocenters. The van der Waals surface area contributed by atoms with Crippen LogP contribution in [0.3, 0.4) is 0 Å². The van der Waals surface area contributed by atoms with E-state index in [9.17, 15) is 4.79 Å². The zero-order valence-corrected chi connectivity index (χ0v) is 15.5. The lowest BCUT2D eigenvalue weighted by atomic mass is 10.2. The standard InChI is InChI=1S/C20H21ClN4O/c1-15-5-6-19-22-17(12-20(26)25(19)13-15)14-23-7-9-24(10-8-23)18-4-2-3-16(21)11-18/h2-6,11-13H,7-10,14H2,1H3/p+1. The van der Waals surface area contributed by atoms with Crippen molar-refractivity contribution < 1.29 is 4.90 Å². The first kappa shape index (κ1) is 17.1. The number of anilines is 1. The van der Waals surface area contributed by atoms with Crippen molar-refractivity contribution >= 4 is 22.9 Å². The second kappa shape index (κ2) is 7.09. The Balaban J connectivity index is 1.45. The van der Waals surface area contributed by atoms with E-state index in [-0.39, 0.29) is 5.56 Å². The number of nitrogens with one attached hydrogen (secondary N) is 1. The number of pyridine rings is 1. The van der Waals surface area contributed by atoms with E-state index in [0.717, 1.165) is 54.7 Å². The van der Waals surface area contributed by atoms with Crippen LogP contribution in [0.5, 0.6) is 0 Å². The molecule has 0 spiro atoms. The molecule has 6 heteroatoms. The van der Waals surface area contributed by atoms with E-state index >= 15 is 0 Å². The molecule has 26 heavy (non-hydrogen) atoms. The molecule has 1 fully saturated rings. The highest BCUT2D eigenvalue weighted by Crippen LogP contribution is 2.19. The fraction of sp³-hybridized carbons (Fsp3) is 0.300. The Morgan fingerprint density at radius 3 is 2.73 bits per heavy atom. The minimum Gasteiger partial charge on any atom is -0.360 e. The largest absolute Gasteiger partial charge is 0.360 e. The van der Waals surface area contributed by atoms with Crippen molar-refractivity contribution in [3.8, 4) is 0 Å². The van der Waals surface area contributed by atoms with Crippen LogP contribution in [-0.2, 0) is 6.54 Å². The molecule has 0 unspecified atom stereocenters. The van der Waals surface area contributed by atoms with Gasteiger partial charge in [-0.15, -0.1) is 0 Å². The summed E-state index contributed by atoms with van der Waals surface area (Å²) in [5.74, 6) is 0. The fourth-order valence-electron chi connectivity index (χ4n) is 3.54. The molecule has 4 rings (SSSR count). The summed E-state index contributed by atoms with van der Waals surface area (Å²) < 4.78 is 1.62. The molecule has 1 saturated heterocycles. The molecule has 134 valence electrons. The number of fused-ring (bicyclic) bond motifs is 1. The van der Waals surface area contributed by atoms with E-state index < -0.39 is 0 Å². The summed E-state index contributed by atoms with van der Waals surface area (Å²) in [6.45, 7) is 6.73. The highest BCUT2D eigenvalue weighted by molar-refractivity contribution is 6.30. The van der Waals surface area contributed by atoms with Gasteiger partial charge in [-0.25, -0.2) is 4.98 Å². The van der Waals surface area contributed by atoms with Crippen molar-refractivity contribution in [3.05, 3.63) is 75.3 Å². The van der Waals surface area contributed by atoms with Gasteiger partial charge >= 0.3 is 0 Å². The minimum atomic E-state index is -0.00865. The Morgan fingerprint density at radius 2 is 1.96 bits per heavy atom. The van der Waals surface area contributed by atoms with E-state index in [2.05, 4.69) is 16.0 Å². The second-order valence-corrected chi connectivity index (χ2v) is 7.35. The Labute approximate surface area is 157 Å². The molecule has 0 bridgehead atoms. The highest BCUT2D eigenvalue weighted by atomic mass is 35.5. The zero-order chi connectivity index (χ0) is 18.1. The van der Waals surface area contributed by atoms with E-state index in [1.165, 1.54) is 10.6 Å². The van der Waals surface area contributed by atoms with Gasteiger partial charge in [0.15, 0.2) is 0 Å². The molecule has 5 nitrogen and oxygen atoms in total. The lowest BCUT2D eigenvalue weighted by Crippen LogP contribution is -3.13. The number of quaternary nitrogens is 1. The molecule has 0 radical (unpaired) electrons. The number of aromatic nitrogens is 2. The molecule has 0 aliphatic carbocycles. The number of nitrogens with zero attached hydrogens (tertiary/aromatic N) is 3. The number of aryl methyl sites for hydroxylation is 1. The summed E-state index contributed by atoms with van der Waals surface area (Å²) >= 11 is 6.10. The molecule has 1 N–H and O–H groups in total. The predicted octanol–water partition coefficient (Wildman–Crippen LogP) is 1.56. The van der Waals surface area contributed by atoms with Crippen LogP contribution in [0.15, 0.2) is 53.5 Å². The molecular formula is C20H22ClN4O+. The van der Waals surface area contributed by atoms with Gasteiger partial charge in [-0.05, 0) is 36.8 Å². The minimum absolute atomic E-state index is 0.00865. The molecular weight excluding hydrogens is 348 g/mol. The van der Waals surface area contributed by atoms with E-state index in [4.69, 9.17) is 11.6 Å². The second-order valence-electron chi connectivity index (χ2n) is 6.91. The van der Waals surface area contributed by atoms with E-state index in [0.29, 0.717) is 0 Å². The molecule has 1 aromatic carbocycles. The normalized spacial score (nSPS) is 15.5. The molecule has 3 aromatic rings. The number of benzene rings is 1. The zero-order valence-electron chi connectivity index (χ0n) is 14.8. The summed E-state index contributed by atoms with van der Waals surface area (Å²) in [7, 11) is 0. The molecule has 0 amide bonds. The first-order chi connectivity index (χ1) is 12.6. The van der Waals surface area contributed by atoms with Gasteiger partial charge in [0.25, 0.3) is 5.56 Å². The number of hydrogen-bond donors (Lipinski definition) is 1. The summed E-state index contributed by atoms with van der Waals surface area (Å²) in [6, 6.07) is 13.6. The quantitative estimate of drug-likeness (QED) is 0.762. The molecule has 1 aliphatic heterocycles. The van der Waals surface area contributed by atoms with Gasteiger partial charge < -0.3 is 9.80 Å². The van der Waals surface area contributed by atoms with Crippen LogP contribution in [0.2, 0.25) is 5.02 Å². The van der Waals surface area contributed by atoms with E-state index in [1.807, 2.05) is 43.5 Å². The van der Waals surface area contributed by atoms with E-state index in [1.54, 1.807) is 10.5 Å². The first-order valence-corrected chi connectivity index (χ1v) is 9.29. The third kappa shape index (κ3) is 3.59. The van der Waals surface area contributed by atoms with Crippen LogP contribution in [0.4, 0.5) is 5.69 Å². The Kier molecular flexibility index (Phi) is 4.66. The van der Waals surface area contributed by atoms with Crippen molar-refractivity contribution in [2.24, 2.45) is 0 Å². The number of hydrogen-bond acceptors (Lipinski definition) is 3. The van der Waals surface area contributed by atoms with Crippen molar-refractivity contribution in [2.75, 3.05) is 31.1 Å². The Hall–Kier alpha value is -2.37. The lowest BCUT2D eigenvalue weighted by molar-refractivity contribution is -0.914. The highest BCUT2D eigenvalue weighted by Gasteiger charge is 2.21. The van der Waals surface area contributed by atoms with Gasteiger partial charge in [-0.2, -0.15) is 0 Å². The van der Waals surface area contributed by atoms with Gasteiger partial charge in [0, 0.05) is 23.0 Å². The maximum absolute atomic E-state index is 12.4. The fourth-order valence-corrected chi connectivity index (χ4v) is 3.72. The van der Waals surface area contributed by atoms with Crippen molar-refractivity contribution in [1.29, 1.82) is 0 Å². The number of halogens is 1. The average molecular weight is 370 g/mol. The van der Waals surface area contributed by atoms with Crippen LogP contribution in [0.1, 0.15) is 11.3 Å². The van der Waals surface area contributed by atoms with Gasteiger partial charge in [-0.3, -0.25) is 9.20 Å². The summed E-state index contributed by atoms with van der Waals surface area (Å²) in [5, 5.41) is 0.772. The van der Waals surface area contributed by atoms with Crippen molar-refractivity contribution in [1.82, 2.24) is 9.38 Å². The van der Waals surface area contributed by atoms with Gasteiger partial charge in [-0.1, -0.05) is 23.7 Å². The Bertz CT molecular complexity index is 993. The van der Waals surface area contributed by atoms with Gasteiger partial charge in [0.1, 0.15) is 17.9 Å². The molecule has 1 aliphatic rings. The van der Waals surface area contributed by atoms with Crippen molar-refractivity contribution in [3.63, 3.8) is 0 Å². The topological polar surface area (TPSA) is 42.0 Å². The molecule has 0 saturated carbocycles. The molecule has 2 aromatic heterocycles. The average Bonchev–Trinajstić information content (AvgIpc) is 2.63. The van der Waals surface area contributed by atoms with Gasteiger partial charge in [0.05, 0.1) is 26.2 Å². The summed E-state index contributed by atoms with van der Waals surface area (Å²) in [4.78, 5) is 20.8. The molecule has 3 heterocycles. The smallest absolute Gasteiger partial charge is 0.258 e. The maximum atomic E-state index is 12.4.